The lowest BCUT2D eigenvalue weighted by Gasteiger charge is -2.22. The number of aromatic carboxylic acids is 1. The van der Waals surface area contributed by atoms with Gasteiger partial charge in [-0.15, -0.1) is 0 Å². The van der Waals surface area contributed by atoms with Crippen molar-refractivity contribution in [2.24, 2.45) is 0 Å². The van der Waals surface area contributed by atoms with E-state index in [0.717, 1.165) is 12.8 Å². The molecule has 21 heavy (non-hydrogen) atoms. The molecular weight excluding hydrogens is 296 g/mol. The normalized spacial score (nSPS) is 13.8. The van der Waals surface area contributed by atoms with Gasteiger partial charge in [-0.05, 0) is 31.0 Å². The number of amides is 2. The summed E-state index contributed by atoms with van der Waals surface area (Å²) in [5.41, 5.74) is 0.370. The molecule has 114 valence electrons. The van der Waals surface area contributed by atoms with E-state index in [9.17, 15) is 9.59 Å². The maximum absolute atomic E-state index is 12.3. The fraction of sp³-hybridized carbons (Fsp3) is 0.429. The standard InChI is InChI=1S/C14H17ClN2O4/c1-21-7-6-17(10-3-4-10)14(20)16-12-8-9(13(18)19)2-5-11(12)15/h2,5,8,10H,3-4,6-7H2,1H3,(H,16,20)(H,18,19). The van der Waals surface area contributed by atoms with Gasteiger partial charge in [0.1, 0.15) is 0 Å². The highest BCUT2D eigenvalue weighted by Crippen LogP contribution is 2.29. The number of carboxylic acids is 1. The summed E-state index contributed by atoms with van der Waals surface area (Å²) in [4.78, 5) is 24.9. The Bertz CT molecular complexity index is 546. The molecular formula is C14H17ClN2O4. The molecule has 2 N–H and O–H groups in total. The van der Waals surface area contributed by atoms with Crippen LogP contribution in [0, 0.1) is 0 Å². The Kier molecular flexibility index (Phi) is 5.03. The second-order valence-corrected chi connectivity index (χ2v) is 5.25. The molecule has 1 aliphatic carbocycles. The van der Waals surface area contributed by atoms with Crippen molar-refractivity contribution in [3.8, 4) is 0 Å². The molecule has 0 bridgehead atoms. The Morgan fingerprint density at radius 1 is 1.48 bits per heavy atom. The minimum Gasteiger partial charge on any atom is -0.478 e. The highest BCUT2D eigenvalue weighted by Gasteiger charge is 2.32. The van der Waals surface area contributed by atoms with Crippen molar-refractivity contribution in [2.75, 3.05) is 25.6 Å². The maximum Gasteiger partial charge on any atom is 0.335 e. The predicted molar refractivity (Wildman–Crippen MR) is 79.0 cm³/mol. The van der Waals surface area contributed by atoms with E-state index in [1.54, 1.807) is 12.0 Å². The average Bonchev–Trinajstić information content (AvgIpc) is 3.26. The molecule has 6 nitrogen and oxygen atoms in total. The van der Waals surface area contributed by atoms with Crippen LogP contribution in [0.4, 0.5) is 10.5 Å². The van der Waals surface area contributed by atoms with Crippen molar-refractivity contribution in [3.63, 3.8) is 0 Å². The van der Waals surface area contributed by atoms with E-state index in [4.69, 9.17) is 21.4 Å². The Balaban J connectivity index is 2.10. The summed E-state index contributed by atoms with van der Waals surface area (Å²) in [5, 5.41) is 11.9. The number of anilines is 1. The number of hydrogen-bond acceptors (Lipinski definition) is 3. The largest absolute Gasteiger partial charge is 0.478 e. The monoisotopic (exact) mass is 312 g/mol. The highest BCUT2D eigenvalue weighted by molar-refractivity contribution is 6.33. The molecule has 7 heteroatoms. The van der Waals surface area contributed by atoms with Gasteiger partial charge < -0.3 is 20.1 Å². The fourth-order valence-electron chi connectivity index (χ4n) is 1.97. The minimum atomic E-state index is -1.07. The Morgan fingerprint density at radius 2 is 2.19 bits per heavy atom. The molecule has 2 amide bonds. The first kappa shape index (κ1) is 15.6. The van der Waals surface area contributed by atoms with Crippen molar-refractivity contribution in [2.45, 2.75) is 18.9 Å². The van der Waals surface area contributed by atoms with Crippen LogP contribution in [-0.2, 0) is 4.74 Å². The average molecular weight is 313 g/mol. The van der Waals surface area contributed by atoms with Gasteiger partial charge in [0.15, 0.2) is 0 Å². The molecule has 0 aliphatic heterocycles. The molecule has 0 heterocycles. The van der Waals surface area contributed by atoms with Crippen LogP contribution in [0.25, 0.3) is 0 Å². The van der Waals surface area contributed by atoms with E-state index in [2.05, 4.69) is 5.32 Å². The Hall–Kier alpha value is -1.79. The van der Waals surface area contributed by atoms with E-state index in [-0.39, 0.29) is 17.6 Å². The number of carbonyl (C=O) groups is 2. The number of carboxylic acid groups (broad SMARTS) is 1. The lowest BCUT2D eigenvalue weighted by Crippen LogP contribution is -2.39. The van der Waals surface area contributed by atoms with Gasteiger partial charge in [-0.3, -0.25) is 0 Å². The van der Waals surface area contributed by atoms with Crippen LogP contribution in [0.15, 0.2) is 18.2 Å². The zero-order valence-corrected chi connectivity index (χ0v) is 12.4. The van der Waals surface area contributed by atoms with Gasteiger partial charge in [-0.1, -0.05) is 11.6 Å². The number of ether oxygens (including phenoxy) is 1. The van der Waals surface area contributed by atoms with Gasteiger partial charge in [-0.25, -0.2) is 9.59 Å². The SMILES string of the molecule is COCCN(C(=O)Nc1cc(C(=O)O)ccc1Cl)C1CC1. The zero-order valence-electron chi connectivity index (χ0n) is 11.6. The van der Waals surface area contributed by atoms with Crippen LogP contribution < -0.4 is 5.32 Å². The van der Waals surface area contributed by atoms with Crippen LogP contribution in [0.5, 0.6) is 0 Å². The second kappa shape index (κ2) is 6.78. The molecule has 1 saturated carbocycles. The fourth-order valence-corrected chi connectivity index (χ4v) is 2.13. The first-order valence-electron chi connectivity index (χ1n) is 6.62. The summed E-state index contributed by atoms with van der Waals surface area (Å²) in [6, 6.07) is 4.13. The third-order valence-corrected chi connectivity index (χ3v) is 3.57. The number of halogens is 1. The highest BCUT2D eigenvalue weighted by atomic mass is 35.5. The van der Waals surface area contributed by atoms with Crippen molar-refractivity contribution >= 4 is 29.3 Å². The molecule has 0 radical (unpaired) electrons. The number of urea groups is 1. The molecule has 1 aliphatic rings. The number of benzene rings is 1. The van der Waals surface area contributed by atoms with Crippen molar-refractivity contribution in [3.05, 3.63) is 28.8 Å². The molecule has 1 aromatic carbocycles. The summed E-state index contributed by atoms with van der Waals surface area (Å²) >= 11 is 6.00. The number of nitrogens with zero attached hydrogens (tertiary/aromatic N) is 1. The molecule has 0 aromatic heterocycles. The summed E-state index contributed by atoms with van der Waals surface area (Å²) < 4.78 is 5.00. The maximum atomic E-state index is 12.3. The Morgan fingerprint density at radius 3 is 2.76 bits per heavy atom. The van der Waals surface area contributed by atoms with E-state index < -0.39 is 5.97 Å². The first-order valence-corrected chi connectivity index (χ1v) is 7.00. The van der Waals surface area contributed by atoms with Gasteiger partial charge in [-0.2, -0.15) is 0 Å². The van der Waals surface area contributed by atoms with E-state index in [1.165, 1.54) is 18.2 Å². The number of nitrogens with one attached hydrogen (secondary N) is 1. The lowest BCUT2D eigenvalue weighted by molar-refractivity contribution is 0.0697. The summed E-state index contributed by atoms with van der Waals surface area (Å²) in [7, 11) is 1.58. The number of methoxy groups -OCH3 is 1. The van der Waals surface area contributed by atoms with Gasteiger partial charge in [0.25, 0.3) is 0 Å². The molecule has 1 fully saturated rings. The van der Waals surface area contributed by atoms with Crippen LogP contribution in [0.1, 0.15) is 23.2 Å². The molecule has 0 saturated heterocycles. The first-order chi connectivity index (χ1) is 10.0. The molecule has 1 aromatic rings. The van der Waals surface area contributed by atoms with Crippen LogP contribution in [0.3, 0.4) is 0 Å². The third kappa shape index (κ3) is 4.09. The molecule has 0 atom stereocenters. The van der Waals surface area contributed by atoms with E-state index in [0.29, 0.717) is 23.9 Å². The van der Waals surface area contributed by atoms with Crippen molar-refractivity contribution in [1.29, 1.82) is 0 Å². The van der Waals surface area contributed by atoms with Crippen LogP contribution >= 0.6 is 11.6 Å². The van der Waals surface area contributed by atoms with E-state index in [1.807, 2.05) is 0 Å². The van der Waals surface area contributed by atoms with Gasteiger partial charge in [0.05, 0.1) is 22.9 Å². The van der Waals surface area contributed by atoms with Gasteiger partial charge >= 0.3 is 12.0 Å². The van der Waals surface area contributed by atoms with Crippen LogP contribution in [0.2, 0.25) is 5.02 Å². The summed E-state index contributed by atoms with van der Waals surface area (Å²) in [6.45, 7) is 0.941. The van der Waals surface area contributed by atoms with E-state index >= 15 is 0 Å². The topological polar surface area (TPSA) is 78.9 Å². The second-order valence-electron chi connectivity index (χ2n) is 4.85. The van der Waals surface area contributed by atoms with Gasteiger partial charge in [0, 0.05) is 19.7 Å². The smallest absolute Gasteiger partial charge is 0.335 e. The lowest BCUT2D eigenvalue weighted by atomic mass is 10.2. The Labute approximate surface area is 127 Å². The minimum absolute atomic E-state index is 0.0737. The van der Waals surface area contributed by atoms with Crippen LogP contribution in [-0.4, -0.2) is 48.3 Å². The van der Waals surface area contributed by atoms with Crippen molar-refractivity contribution in [1.82, 2.24) is 4.90 Å². The summed E-state index contributed by atoms with van der Waals surface area (Å²) in [5.74, 6) is -1.07. The number of hydrogen-bond donors (Lipinski definition) is 2. The zero-order chi connectivity index (χ0) is 15.4. The molecule has 2 rings (SSSR count). The van der Waals surface area contributed by atoms with Gasteiger partial charge in [0.2, 0.25) is 0 Å². The molecule has 0 spiro atoms. The number of carbonyl (C=O) groups excluding carboxylic acids is 1. The number of rotatable bonds is 6. The predicted octanol–water partition coefficient (Wildman–Crippen LogP) is 2.68. The summed E-state index contributed by atoms with van der Waals surface area (Å²) in [6.07, 6.45) is 1.94. The quantitative estimate of drug-likeness (QED) is 0.846. The van der Waals surface area contributed by atoms with Crippen molar-refractivity contribution < 1.29 is 19.4 Å². The molecule has 0 unspecified atom stereocenters. The third-order valence-electron chi connectivity index (χ3n) is 3.24.